The van der Waals surface area contributed by atoms with Crippen LogP contribution in [0.4, 0.5) is 0 Å². The van der Waals surface area contributed by atoms with Crippen LogP contribution in [0.1, 0.15) is 19.8 Å². The molecule has 0 saturated carbocycles. The summed E-state index contributed by atoms with van der Waals surface area (Å²) in [7, 11) is 0. The fourth-order valence-corrected chi connectivity index (χ4v) is 0.418. The Hall–Kier alpha value is -1.63. The van der Waals surface area contributed by atoms with Crippen molar-refractivity contribution in [1.29, 1.82) is 0 Å². The van der Waals surface area contributed by atoms with E-state index in [2.05, 4.69) is 9.78 Å². The van der Waals surface area contributed by atoms with Crippen molar-refractivity contribution in [1.82, 2.24) is 0 Å². The predicted molar refractivity (Wildman–Crippen MR) is 41.1 cm³/mol. The molecule has 0 saturated heterocycles. The van der Waals surface area contributed by atoms with Crippen molar-refractivity contribution in [2.75, 3.05) is 0 Å². The summed E-state index contributed by atoms with van der Waals surface area (Å²) in [5.41, 5.74) is 0. The maximum Gasteiger partial charge on any atom is 0.342 e. The molecule has 1 unspecified atom stereocenters. The van der Waals surface area contributed by atoms with E-state index in [4.69, 9.17) is 10.2 Å². The largest absolute Gasteiger partial charge is 0.481 e. The maximum absolute atomic E-state index is 10.7. The molecule has 0 bridgehead atoms. The van der Waals surface area contributed by atoms with E-state index in [9.17, 15) is 14.4 Å². The summed E-state index contributed by atoms with van der Waals surface area (Å²) < 4.78 is 0. The summed E-state index contributed by atoms with van der Waals surface area (Å²) in [6.45, 7) is 1.17. The third-order valence-corrected chi connectivity index (χ3v) is 1.18. The van der Waals surface area contributed by atoms with Gasteiger partial charge < -0.3 is 10.2 Å². The van der Waals surface area contributed by atoms with Crippen LogP contribution >= 0.6 is 0 Å². The van der Waals surface area contributed by atoms with Gasteiger partial charge in [-0.15, -0.1) is 0 Å². The highest BCUT2D eigenvalue weighted by Gasteiger charge is 2.15. The number of hydrogen-bond acceptors (Lipinski definition) is 5. The van der Waals surface area contributed by atoms with E-state index >= 15 is 0 Å². The molecule has 0 rings (SSSR count). The average Bonchev–Trinajstić information content (AvgIpc) is 2.10. The SMILES string of the molecule is CC(OOC(=O)CCC(=O)O)C(=O)O. The van der Waals surface area contributed by atoms with Crippen molar-refractivity contribution in [2.24, 2.45) is 0 Å². The highest BCUT2D eigenvalue weighted by atomic mass is 17.2. The summed E-state index contributed by atoms with van der Waals surface area (Å²) in [5, 5.41) is 16.5. The zero-order valence-electron chi connectivity index (χ0n) is 7.43. The molecule has 0 aromatic rings. The van der Waals surface area contributed by atoms with Gasteiger partial charge in [-0.2, -0.15) is 4.89 Å². The molecule has 7 nitrogen and oxygen atoms in total. The van der Waals surface area contributed by atoms with E-state index in [-0.39, 0.29) is 12.8 Å². The first-order valence-electron chi connectivity index (χ1n) is 3.74. The van der Waals surface area contributed by atoms with Crippen LogP contribution in [0.15, 0.2) is 0 Å². The van der Waals surface area contributed by atoms with Crippen molar-refractivity contribution in [3.8, 4) is 0 Å². The molecule has 0 amide bonds. The van der Waals surface area contributed by atoms with Crippen LogP contribution in [0.3, 0.4) is 0 Å². The normalized spacial score (nSPS) is 11.8. The van der Waals surface area contributed by atoms with Gasteiger partial charge >= 0.3 is 17.9 Å². The summed E-state index contributed by atoms with van der Waals surface area (Å²) in [4.78, 5) is 39.0. The van der Waals surface area contributed by atoms with E-state index in [1.165, 1.54) is 6.92 Å². The molecule has 1 atom stereocenters. The topological polar surface area (TPSA) is 110 Å². The monoisotopic (exact) mass is 206 g/mol. The zero-order chi connectivity index (χ0) is 11.1. The van der Waals surface area contributed by atoms with Crippen LogP contribution in [-0.2, 0) is 24.2 Å². The van der Waals surface area contributed by atoms with Crippen LogP contribution in [0.5, 0.6) is 0 Å². The van der Waals surface area contributed by atoms with E-state index < -0.39 is 24.0 Å². The minimum absolute atomic E-state index is 0.359. The lowest BCUT2D eigenvalue weighted by atomic mass is 10.3. The van der Waals surface area contributed by atoms with Gasteiger partial charge in [0.15, 0.2) is 6.10 Å². The average molecular weight is 206 g/mol. The lowest BCUT2D eigenvalue weighted by Crippen LogP contribution is -2.22. The molecule has 7 heteroatoms. The van der Waals surface area contributed by atoms with Gasteiger partial charge in [0.25, 0.3) is 0 Å². The molecular formula is C7H10O7. The Labute approximate surface area is 79.2 Å². The number of carbonyl (C=O) groups is 3. The molecule has 14 heavy (non-hydrogen) atoms. The summed E-state index contributed by atoms with van der Waals surface area (Å²) in [5.74, 6) is -3.34. The van der Waals surface area contributed by atoms with Crippen LogP contribution in [0.2, 0.25) is 0 Å². The standard InChI is InChI=1S/C7H10O7/c1-4(7(11)12)13-14-6(10)3-2-5(8)9/h4H,2-3H2,1H3,(H,8,9)(H,11,12). The van der Waals surface area contributed by atoms with Crippen molar-refractivity contribution >= 4 is 17.9 Å². The number of carboxylic acid groups (broad SMARTS) is 2. The summed E-state index contributed by atoms with van der Waals surface area (Å²) in [6, 6.07) is 0. The molecule has 0 aromatic carbocycles. The van der Waals surface area contributed by atoms with Crippen molar-refractivity contribution in [3.63, 3.8) is 0 Å². The van der Waals surface area contributed by atoms with Gasteiger partial charge in [0.1, 0.15) is 0 Å². The van der Waals surface area contributed by atoms with E-state index in [1.54, 1.807) is 0 Å². The van der Waals surface area contributed by atoms with Crippen LogP contribution < -0.4 is 0 Å². The molecule has 0 fully saturated rings. The zero-order valence-corrected chi connectivity index (χ0v) is 7.43. The van der Waals surface area contributed by atoms with Gasteiger partial charge in [-0.1, -0.05) is 0 Å². The number of carbonyl (C=O) groups excluding carboxylic acids is 1. The van der Waals surface area contributed by atoms with Gasteiger partial charge in [0.05, 0.1) is 12.8 Å². The van der Waals surface area contributed by atoms with Crippen molar-refractivity contribution in [2.45, 2.75) is 25.9 Å². The highest BCUT2D eigenvalue weighted by Crippen LogP contribution is 1.97. The smallest absolute Gasteiger partial charge is 0.342 e. The van der Waals surface area contributed by atoms with E-state index in [0.29, 0.717) is 0 Å². The molecule has 0 radical (unpaired) electrons. The Kier molecular flexibility index (Phi) is 5.23. The highest BCUT2D eigenvalue weighted by molar-refractivity contribution is 5.76. The molecule has 0 aromatic heterocycles. The number of rotatable bonds is 6. The molecule has 2 N–H and O–H groups in total. The Morgan fingerprint density at radius 2 is 1.79 bits per heavy atom. The van der Waals surface area contributed by atoms with Gasteiger partial charge in [-0.05, 0) is 6.92 Å². The van der Waals surface area contributed by atoms with Gasteiger partial charge in [-0.3, -0.25) is 9.68 Å². The maximum atomic E-state index is 10.7. The fraction of sp³-hybridized carbons (Fsp3) is 0.571. The second-order valence-corrected chi connectivity index (χ2v) is 2.43. The van der Waals surface area contributed by atoms with E-state index in [0.717, 1.165) is 0 Å². The lowest BCUT2D eigenvalue weighted by Gasteiger charge is -2.05. The number of hydrogen-bond donors (Lipinski definition) is 2. The van der Waals surface area contributed by atoms with Crippen molar-refractivity contribution < 1.29 is 34.4 Å². The molecule has 0 spiro atoms. The van der Waals surface area contributed by atoms with Gasteiger partial charge in [0, 0.05) is 0 Å². The minimum Gasteiger partial charge on any atom is -0.481 e. The van der Waals surface area contributed by atoms with Crippen LogP contribution in [0, 0.1) is 0 Å². The second kappa shape index (κ2) is 5.92. The third-order valence-electron chi connectivity index (χ3n) is 1.18. The summed E-state index contributed by atoms with van der Waals surface area (Å²) in [6.07, 6.45) is -2.02. The molecule has 0 aliphatic heterocycles. The van der Waals surface area contributed by atoms with Crippen molar-refractivity contribution in [3.05, 3.63) is 0 Å². The Bertz CT molecular complexity index is 234. The van der Waals surface area contributed by atoms with E-state index in [1.807, 2.05) is 0 Å². The number of carboxylic acids is 2. The quantitative estimate of drug-likeness (QED) is 0.457. The van der Waals surface area contributed by atoms with Gasteiger partial charge in [-0.25, -0.2) is 9.59 Å². The molecule has 0 heterocycles. The summed E-state index contributed by atoms with van der Waals surface area (Å²) >= 11 is 0. The van der Waals surface area contributed by atoms with Gasteiger partial charge in [0.2, 0.25) is 0 Å². The third kappa shape index (κ3) is 5.95. The first kappa shape index (κ1) is 12.4. The fourth-order valence-electron chi connectivity index (χ4n) is 0.418. The molecule has 80 valence electrons. The Morgan fingerprint density at radius 3 is 2.21 bits per heavy atom. The lowest BCUT2D eigenvalue weighted by molar-refractivity contribution is -0.292. The molecular weight excluding hydrogens is 196 g/mol. The van der Waals surface area contributed by atoms with Crippen LogP contribution in [-0.4, -0.2) is 34.2 Å². The Morgan fingerprint density at radius 1 is 1.21 bits per heavy atom. The molecule has 0 aliphatic rings. The van der Waals surface area contributed by atoms with Crippen LogP contribution in [0.25, 0.3) is 0 Å². The Balaban J connectivity index is 3.64. The first-order chi connectivity index (χ1) is 6.43. The predicted octanol–water partition coefficient (Wildman–Crippen LogP) is -0.201. The first-order valence-corrected chi connectivity index (χ1v) is 3.74. The second-order valence-electron chi connectivity index (χ2n) is 2.43. The number of aliphatic carboxylic acids is 2. The molecule has 0 aliphatic carbocycles. The minimum atomic E-state index is -1.28.